The van der Waals surface area contributed by atoms with Gasteiger partial charge in [0, 0.05) is 6.04 Å². The molecule has 6 aromatic carbocycles. The van der Waals surface area contributed by atoms with Crippen LogP contribution in [0.1, 0.15) is 93.6 Å². The SMILES string of the molecule is CCc1c(Cc2ccccc2)c(-c2c(Cc3ccccc3)c(CC)c(N=C=O)c(C(C)NC)c2Cc2ccccc2)c(Cc2ccccc2)c(C)c1N=C=O. The maximum absolute atomic E-state index is 12.4. The molecule has 55 heavy (non-hydrogen) atoms. The molecule has 6 rings (SSSR count). The summed E-state index contributed by atoms with van der Waals surface area (Å²) in [5.41, 5.74) is 17.0. The van der Waals surface area contributed by atoms with Crippen LogP contribution in [0.2, 0.25) is 0 Å². The molecule has 0 amide bonds. The molecule has 0 bridgehead atoms. The van der Waals surface area contributed by atoms with E-state index in [1.807, 2.05) is 43.5 Å². The monoisotopic (exact) mass is 723 g/mol. The van der Waals surface area contributed by atoms with Gasteiger partial charge in [0.1, 0.15) is 0 Å². The van der Waals surface area contributed by atoms with Gasteiger partial charge in [0.05, 0.1) is 11.4 Å². The van der Waals surface area contributed by atoms with Crippen LogP contribution in [0, 0.1) is 6.92 Å². The van der Waals surface area contributed by atoms with Gasteiger partial charge in [-0.15, -0.1) is 0 Å². The topological polar surface area (TPSA) is 70.9 Å². The van der Waals surface area contributed by atoms with Crippen molar-refractivity contribution >= 4 is 23.5 Å². The number of rotatable bonds is 15. The molecule has 0 fully saturated rings. The van der Waals surface area contributed by atoms with Crippen molar-refractivity contribution in [2.24, 2.45) is 9.98 Å². The lowest BCUT2D eigenvalue weighted by Gasteiger charge is -2.32. The fraction of sp³-hybridized carbons (Fsp3) is 0.240. The Hall–Kier alpha value is -5.96. The minimum atomic E-state index is -0.138. The van der Waals surface area contributed by atoms with Crippen LogP contribution in [0.25, 0.3) is 11.1 Å². The number of hydrogen-bond donors (Lipinski definition) is 1. The highest BCUT2D eigenvalue weighted by Crippen LogP contribution is 2.50. The first-order chi connectivity index (χ1) is 26.9. The van der Waals surface area contributed by atoms with Crippen LogP contribution in [0.5, 0.6) is 0 Å². The maximum atomic E-state index is 12.4. The molecule has 0 saturated heterocycles. The molecule has 0 spiro atoms. The first kappa shape index (κ1) is 38.8. The van der Waals surface area contributed by atoms with Gasteiger partial charge in [0.2, 0.25) is 12.2 Å². The molecule has 5 heteroatoms. The second kappa shape index (κ2) is 18.4. The first-order valence-corrected chi connectivity index (χ1v) is 19.3. The van der Waals surface area contributed by atoms with Crippen molar-refractivity contribution in [2.45, 2.75) is 72.3 Å². The fourth-order valence-electron chi connectivity index (χ4n) is 8.29. The molecule has 0 aliphatic heterocycles. The average molecular weight is 724 g/mol. The van der Waals surface area contributed by atoms with E-state index < -0.39 is 0 Å². The molecule has 6 aromatic rings. The van der Waals surface area contributed by atoms with Crippen molar-refractivity contribution in [3.8, 4) is 11.1 Å². The quantitative estimate of drug-likeness (QED) is 0.0847. The number of aliphatic imine (C=N–C) groups is 2. The van der Waals surface area contributed by atoms with Crippen LogP contribution in [-0.4, -0.2) is 19.2 Å². The Morgan fingerprint density at radius 3 is 1.24 bits per heavy atom. The normalized spacial score (nSPS) is 11.4. The summed E-state index contributed by atoms with van der Waals surface area (Å²) in [6.45, 7) is 8.56. The molecule has 1 atom stereocenters. The Kier molecular flexibility index (Phi) is 13.0. The number of carbonyl (C=O) groups excluding carboxylic acids is 2. The molecule has 0 aromatic heterocycles. The zero-order valence-corrected chi connectivity index (χ0v) is 32.6. The lowest BCUT2D eigenvalue weighted by Crippen LogP contribution is -2.19. The molecule has 1 N–H and O–H groups in total. The Morgan fingerprint density at radius 2 is 0.855 bits per heavy atom. The zero-order valence-electron chi connectivity index (χ0n) is 32.6. The summed E-state index contributed by atoms with van der Waals surface area (Å²) in [7, 11) is 1.96. The van der Waals surface area contributed by atoms with E-state index in [1.165, 1.54) is 27.8 Å². The second-order valence-electron chi connectivity index (χ2n) is 14.1. The molecule has 5 nitrogen and oxygen atoms in total. The third-order valence-electron chi connectivity index (χ3n) is 10.9. The van der Waals surface area contributed by atoms with E-state index in [1.54, 1.807) is 0 Å². The first-order valence-electron chi connectivity index (χ1n) is 19.3. The Balaban J connectivity index is 1.91. The van der Waals surface area contributed by atoms with Gasteiger partial charge in [-0.1, -0.05) is 135 Å². The highest BCUT2D eigenvalue weighted by molar-refractivity contribution is 5.88. The minimum Gasteiger partial charge on any atom is -0.313 e. The standard InChI is InChI=1S/C50H49N3O2/c1-6-40-43(29-37-22-14-9-15-23-37)47(42(34(3)49(40)52-32-54)28-36-20-12-8-13-21-36)48-44(30-38-24-16-10-17-25-38)41(7-2)50(53-33-55)46(35(4)51-5)45(48)31-39-26-18-11-19-27-39/h8-27,35,51H,6-7,28-31H2,1-5H3. The Labute approximate surface area is 325 Å². The largest absolute Gasteiger partial charge is 0.313 e. The van der Waals surface area contributed by atoms with E-state index in [4.69, 9.17) is 0 Å². The predicted octanol–water partition coefficient (Wildman–Crippen LogP) is 11.4. The summed E-state index contributed by atoms with van der Waals surface area (Å²) in [6, 6.07) is 42.1. The molecule has 276 valence electrons. The van der Waals surface area contributed by atoms with E-state index in [0.29, 0.717) is 49.9 Å². The molecule has 0 aliphatic carbocycles. The van der Waals surface area contributed by atoms with Gasteiger partial charge < -0.3 is 5.32 Å². The molecule has 0 heterocycles. The van der Waals surface area contributed by atoms with Gasteiger partial charge in [0.25, 0.3) is 0 Å². The van der Waals surface area contributed by atoms with Crippen LogP contribution >= 0.6 is 0 Å². The number of hydrogen-bond acceptors (Lipinski definition) is 5. The molecule has 0 radical (unpaired) electrons. The van der Waals surface area contributed by atoms with Crippen LogP contribution in [0.15, 0.2) is 131 Å². The molecule has 1 unspecified atom stereocenters. The predicted molar refractivity (Wildman–Crippen MR) is 225 cm³/mol. The van der Waals surface area contributed by atoms with E-state index in [2.05, 4.69) is 140 Å². The highest BCUT2D eigenvalue weighted by atomic mass is 16.1. The van der Waals surface area contributed by atoms with Gasteiger partial charge in [0.15, 0.2) is 0 Å². The van der Waals surface area contributed by atoms with E-state index >= 15 is 0 Å². The summed E-state index contributed by atoms with van der Waals surface area (Å²) in [5, 5.41) is 3.53. The molecule has 0 saturated carbocycles. The highest BCUT2D eigenvalue weighted by Gasteiger charge is 2.31. The number of isocyanates is 2. The van der Waals surface area contributed by atoms with Gasteiger partial charge in [-0.25, -0.2) is 9.59 Å². The van der Waals surface area contributed by atoms with E-state index in [0.717, 1.165) is 50.1 Å². The minimum absolute atomic E-state index is 0.138. The fourth-order valence-corrected chi connectivity index (χ4v) is 8.29. The van der Waals surface area contributed by atoms with Gasteiger partial charge in [-0.2, -0.15) is 9.98 Å². The van der Waals surface area contributed by atoms with Crippen molar-refractivity contribution < 1.29 is 9.59 Å². The number of benzene rings is 6. The summed E-state index contributed by atoms with van der Waals surface area (Å²) in [4.78, 5) is 33.6. The Morgan fingerprint density at radius 1 is 0.509 bits per heavy atom. The third kappa shape index (κ3) is 8.41. The zero-order chi connectivity index (χ0) is 38.7. The Bertz CT molecular complexity index is 2340. The second-order valence-corrected chi connectivity index (χ2v) is 14.1. The molecular weight excluding hydrogens is 675 g/mol. The van der Waals surface area contributed by atoms with Crippen molar-refractivity contribution in [2.75, 3.05) is 7.05 Å². The van der Waals surface area contributed by atoms with E-state index in [-0.39, 0.29) is 6.04 Å². The van der Waals surface area contributed by atoms with E-state index in [9.17, 15) is 9.59 Å². The number of nitrogens with one attached hydrogen (secondary N) is 1. The van der Waals surface area contributed by atoms with Crippen LogP contribution in [0.3, 0.4) is 0 Å². The number of nitrogens with zero attached hydrogens (tertiary/aromatic N) is 2. The van der Waals surface area contributed by atoms with Crippen molar-refractivity contribution in [3.05, 3.63) is 188 Å². The van der Waals surface area contributed by atoms with Crippen molar-refractivity contribution in [1.82, 2.24) is 5.32 Å². The maximum Gasteiger partial charge on any atom is 0.240 e. The summed E-state index contributed by atoms with van der Waals surface area (Å²) >= 11 is 0. The summed E-state index contributed by atoms with van der Waals surface area (Å²) in [5.74, 6) is 0. The average Bonchev–Trinajstić information content (AvgIpc) is 3.22. The van der Waals surface area contributed by atoms with Gasteiger partial charge >= 0.3 is 0 Å². The van der Waals surface area contributed by atoms with Crippen molar-refractivity contribution in [3.63, 3.8) is 0 Å². The van der Waals surface area contributed by atoms with Crippen LogP contribution in [-0.2, 0) is 48.1 Å². The lowest BCUT2D eigenvalue weighted by atomic mass is 9.74. The lowest BCUT2D eigenvalue weighted by molar-refractivity contribution is 0.564. The van der Waals surface area contributed by atoms with Crippen LogP contribution < -0.4 is 5.32 Å². The summed E-state index contributed by atoms with van der Waals surface area (Å²) in [6.07, 6.45) is 7.76. The van der Waals surface area contributed by atoms with Crippen molar-refractivity contribution in [1.29, 1.82) is 0 Å². The smallest absolute Gasteiger partial charge is 0.240 e. The summed E-state index contributed by atoms with van der Waals surface area (Å²) < 4.78 is 0. The van der Waals surface area contributed by atoms with Gasteiger partial charge in [-0.3, -0.25) is 0 Å². The van der Waals surface area contributed by atoms with Gasteiger partial charge in [-0.05, 0) is 137 Å². The molecular formula is C50H49N3O2. The molecule has 0 aliphatic rings. The van der Waals surface area contributed by atoms with Crippen LogP contribution in [0.4, 0.5) is 11.4 Å². The third-order valence-corrected chi connectivity index (χ3v) is 10.9.